The fraction of sp³-hybridized carbons (Fsp3) is 0.0667. The Balaban J connectivity index is 2.27. The van der Waals surface area contributed by atoms with Crippen LogP contribution in [-0.4, -0.2) is 7.85 Å². The standard InChI is InChI=1S/C15H11BN2/c16-15(13-5-1-11(9-17)2-6-13)14-7-3-12(10-18)4-8-14/h1-8,15H,16H2. The zero-order valence-electron chi connectivity index (χ0n) is 10.1. The van der Waals surface area contributed by atoms with E-state index in [1.165, 1.54) is 11.1 Å². The van der Waals surface area contributed by atoms with Crippen LogP contribution >= 0.6 is 0 Å². The molecule has 2 rings (SSSR count). The van der Waals surface area contributed by atoms with Crippen molar-refractivity contribution in [1.82, 2.24) is 0 Å². The number of benzene rings is 2. The molecule has 0 unspecified atom stereocenters. The molecule has 2 aromatic carbocycles. The minimum absolute atomic E-state index is 0.255. The topological polar surface area (TPSA) is 47.6 Å². The summed E-state index contributed by atoms with van der Waals surface area (Å²) in [6, 6.07) is 19.4. The fourth-order valence-corrected chi connectivity index (χ4v) is 1.89. The summed E-state index contributed by atoms with van der Waals surface area (Å²) in [6.45, 7) is 0. The molecule has 84 valence electrons. The Kier molecular flexibility index (Phi) is 3.46. The smallest absolute Gasteiger partial charge is 0.116 e. The molecule has 0 radical (unpaired) electrons. The molecule has 0 saturated heterocycles. The van der Waals surface area contributed by atoms with Gasteiger partial charge in [-0.05, 0) is 41.2 Å². The van der Waals surface area contributed by atoms with Crippen molar-refractivity contribution in [1.29, 1.82) is 10.5 Å². The molecule has 18 heavy (non-hydrogen) atoms. The molecule has 0 fully saturated rings. The second-order valence-corrected chi connectivity index (χ2v) is 4.19. The molecule has 0 aromatic heterocycles. The zero-order chi connectivity index (χ0) is 13.0. The van der Waals surface area contributed by atoms with Crippen LogP contribution in [-0.2, 0) is 0 Å². The molecule has 2 nitrogen and oxygen atoms in total. The highest BCUT2D eigenvalue weighted by Gasteiger charge is 2.08. The average Bonchev–Trinajstić information content (AvgIpc) is 2.47. The van der Waals surface area contributed by atoms with Crippen LogP contribution in [0.15, 0.2) is 48.5 Å². The van der Waals surface area contributed by atoms with Gasteiger partial charge < -0.3 is 0 Å². The molecular weight excluding hydrogens is 219 g/mol. The molecule has 3 heteroatoms. The van der Waals surface area contributed by atoms with Crippen molar-refractivity contribution >= 4 is 7.85 Å². The maximum Gasteiger partial charge on any atom is 0.116 e. The first-order valence-electron chi connectivity index (χ1n) is 5.74. The van der Waals surface area contributed by atoms with E-state index in [1.54, 1.807) is 0 Å². The summed E-state index contributed by atoms with van der Waals surface area (Å²) in [5.74, 6) is 0.255. The van der Waals surface area contributed by atoms with E-state index in [4.69, 9.17) is 10.5 Å². The molecule has 2 aromatic rings. The van der Waals surface area contributed by atoms with E-state index < -0.39 is 0 Å². The maximum atomic E-state index is 8.76. The highest BCUT2D eigenvalue weighted by molar-refractivity contribution is 6.14. The molecule has 0 spiro atoms. The summed E-state index contributed by atoms with van der Waals surface area (Å²) in [7, 11) is 2.11. The number of nitriles is 2. The third-order valence-corrected chi connectivity index (χ3v) is 3.08. The summed E-state index contributed by atoms with van der Waals surface area (Å²) in [4.78, 5) is 0. The second kappa shape index (κ2) is 5.21. The Hall–Kier alpha value is -2.52. The molecule has 0 saturated carbocycles. The van der Waals surface area contributed by atoms with Gasteiger partial charge in [-0.25, -0.2) is 0 Å². The van der Waals surface area contributed by atoms with Crippen LogP contribution in [0, 0.1) is 22.7 Å². The van der Waals surface area contributed by atoms with E-state index in [-0.39, 0.29) is 5.82 Å². The van der Waals surface area contributed by atoms with Crippen LogP contribution < -0.4 is 0 Å². The predicted molar refractivity (Wildman–Crippen MR) is 72.7 cm³/mol. The van der Waals surface area contributed by atoms with E-state index >= 15 is 0 Å². The first kappa shape index (κ1) is 12.0. The quantitative estimate of drug-likeness (QED) is 0.742. The van der Waals surface area contributed by atoms with E-state index in [1.807, 2.05) is 48.5 Å². The van der Waals surface area contributed by atoms with Gasteiger partial charge in [-0.1, -0.05) is 24.3 Å². The molecule has 0 N–H and O–H groups in total. The lowest BCUT2D eigenvalue weighted by atomic mass is 9.75. The SMILES string of the molecule is BC(c1ccc(C#N)cc1)c1ccc(C#N)cc1. The van der Waals surface area contributed by atoms with Gasteiger partial charge in [0.2, 0.25) is 0 Å². The van der Waals surface area contributed by atoms with Crippen molar-refractivity contribution in [3.8, 4) is 12.1 Å². The van der Waals surface area contributed by atoms with Gasteiger partial charge in [-0.2, -0.15) is 10.5 Å². The Bertz CT molecular complexity index is 558. The van der Waals surface area contributed by atoms with Crippen LogP contribution in [0.2, 0.25) is 0 Å². The number of rotatable bonds is 2. The summed E-state index contributed by atoms with van der Waals surface area (Å²) >= 11 is 0. The summed E-state index contributed by atoms with van der Waals surface area (Å²) in [5.41, 5.74) is 3.67. The fourth-order valence-electron chi connectivity index (χ4n) is 1.89. The minimum atomic E-state index is 0.255. The Labute approximate surface area is 108 Å². The largest absolute Gasteiger partial charge is 0.192 e. The lowest BCUT2D eigenvalue weighted by molar-refractivity contribution is 1.14. The van der Waals surface area contributed by atoms with Gasteiger partial charge in [0.25, 0.3) is 0 Å². The van der Waals surface area contributed by atoms with Crippen LogP contribution in [0.25, 0.3) is 0 Å². The minimum Gasteiger partial charge on any atom is -0.192 e. The predicted octanol–water partition coefficient (Wildman–Crippen LogP) is 2.15. The van der Waals surface area contributed by atoms with Crippen LogP contribution in [0.1, 0.15) is 28.1 Å². The van der Waals surface area contributed by atoms with Gasteiger partial charge in [0.1, 0.15) is 7.85 Å². The van der Waals surface area contributed by atoms with Gasteiger partial charge in [0.05, 0.1) is 23.3 Å². The van der Waals surface area contributed by atoms with E-state index in [9.17, 15) is 0 Å². The van der Waals surface area contributed by atoms with Crippen LogP contribution in [0.5, 0.6) is 0 Å². The van der Waals surface area contributed by atoms with Gasteiger partial charge in [-0.3, -0.25) is 0 Å². The number of hydrogen-bond donors (Lipinski definition) is 0. The molecule has 0 heterocycles. The number of hydrogen-bond acceptors (Lipinski definition) is 2. The van der Waals surface area contributed by atoms with Crippen molar-refractivity contribution < 1.29 is 0 Å². The molecule has 0 aliphatic carbocycles. The number of nitrogens with zero attached hydrogens (tertiary/aromatic N) is 2. The Morgan fingerprint density at radius 2 is 1.06 bits per heavy atom. The zero-order valence-corrected chi connectivity index (χ0v) is 10.1. The van der Waals surface area contributed by atoms with Crippen molar-refractivity contribution in [3.63, 3.8) is 0 Å². The lowest BCUT2D eigenvalue weighted by Gasteiger charge is -2.12. The van der Waals surface area contributed by atoms with Crippen LogP contribution in [0.4, 0.5) is 0 Å². The Morgan fingerprint density at radius 1 is 0.722 bits per heavy atom. The van der Waals surface area contributed by atoms with Crippen molar-refractivity contribution in [2.75, 3.05) is 0 Å². The van der Waals surface area contributed by atoms with Crippen molar-refractivity contribution in [2.24, 2.45) is 0 Å². The Morgan fingerprint density at radius 3 is 1.33 bits per heavy atom. The van der Waals surface area contributed by atoms with Gasteiger partial charge in [0.15, 0.2) is 0 Å². The van der Waals surface area contributed by atoms with E-state index in [2.05, 4.69) is 20.0 Å². The molecule has 0 atom stereocenters. The molecule has 0 amide bonds. The van der Waals surface area contributed by atoms with E-state index in [0.717, 1.165) is 0 Å². The molecule has 0 bridgehead atoms. The normalized spacial score (nSPS) is 9.72. The summed E-state index contributed by atoms with van der Waals surface area (Å²) < 4.78 is 0. The molecule has 0 aliphatic heterocycles. The summed E-state index contributed by atoms with van der Waals surface area (Å²) in [6.07, 6.45) is 0. The monoisotopic (exact) mass is 230 g/mol. The first-order valence-corrected chi connectivity index (χ1v) is 5.74. The highest BCUT2D eigenvalue weighted by atomic mass is 14.2. The third-order valence-electron chi connectivity index (χ3n) is 3.08. The van der Waals surface area contributed by atoms with Gasteiger partial charge in [-0.15, -0.1) is 0 Å². The van der Waals surface area contributed by atoms with Gasteiger partial charge in [0, 0.05) is 0 Å². The van der Waals surface area contributed by atoms with Crippen molar-refractivity contribution in [2.45, 2.75) is 5.82 Å². The lowest BCUT2D eigenvalue weighted by Crippen LogP contribution is -2.00. The molecule has 0 aliphatic rings. The first-order chi connectivity index (χ1) is 8.74. The average molecular weight is 230 g/mol. The van der Waals surface area contributed by atoms with Crippen molar-refractivity contribution in [3.05, 3.63) is 70.8 Å². The third kappa shape index (κ3) is 2.42. The highest BCUT2D eigenvalue weighted by Crippen LogP contribution is 2.21. The van der Waals surface area contributed by atoms with Crippen LogP contribution in [0.3, 0.4) is 0 Å². The summed E-state index contributed by atoms with van der Waals surface area (Å²) in [5, 5.41) is 17.5. The van der Waals surface area contributed by atoms with Gasteiger partial charge >= 0.3 is 0 Å². The molecular formula is C15H11BN2. The van der Waals surface area contributed by atoms with E-state index in [0.29, 0.717) is 11.1 Å². The second-order valence-electron chi connectivity index (χ2n) is 4.19. The maximum absolute atomic E-state index is 8.76.